The van der Waals surface area contributed by atoms with Gasteiger partial charge in [-0.15, -0.1) is 0 Å². The van der Waals surface area contributed by atoms with Crippen molar-refractivity contribution in [3.63, 3.8) is 0 Å². The smallest absolute Gasteiger partial charge is 0.0348 e. The fourth-order valence-corrected chi connectivity index (χ4v) is 1.94. The largest absolute Gasteiger partial charge is 0.313 e. The molecule has 1 N–H and O–H groups in total. The fraction of sp³-hybridized carbons (Fsp3) is 0.438. The van der Waals surface area contributed by atoms with E-state index in [9.17, 15) is 0 Å². The fourth-order valence-electron chi connectivity index (χ4n) is 1.57. The zero-order valence-corrected chi connectivity index (χ0v) is 13.6. The normalized spacial score (nSPS) is 13.6. The third-order valence-electron chi connectivity index (χ3n) is 2.43. The second-order valence-corrected chi connectivity index (χ2v) is 4.98. The van der Waals surface area contributed by atoms with Crippen LogP contribution in [0.5, 0.6) is 0 Å². The van der Waals surface area contributed by atoms with Crippen LogP contribution < -0.4 is 5.32 Å². The van der Waals surface area contributed by atoms with E-state index in [-0.39, 0.29) is 0 Å². The Morgan fingerprint density at radius 2 is 2.16 bits per heavy atom. The number of allylic oxidation sites excluding steroid dienone is 6. The van der Waals surface area contributed by atoms with E-state index in [0.29, 0.717) is 0 Å². The van der Waals surface area contributed by atoms with Crippen molar-refractivity contribution >= 4 is 22.1 Å². The molecule has 0 saturated carbocycles. The summed E-state index contributed by atoms with van der Waals surface area (Å²) < 4.78 is 1.02. The predicted molar refractivity (Wildman–Crippen MR) is 91.2 cm³/mol. The summed E-state index contributed by atoms with van der Waals surface area (Å²) in [7, 11) is 1.76. The molecule has 106 valence electrons. The zero-order chi connectivity index (χ0) is 14.3. The van der Waals surface area contributed by atoms with E-state index in [1.807, 2.05) is 12.2 Å². The van der Waals surface area contributed by atoms with E-state index < -0.39 is 0 Å². The van der Waals surface area contributed by atoms with Crippen molar-refractivity contribution in [2.24, 2.45) is 4.99 Å². The van der Waals surface area contributed by atoms with E-state index >= 15 is 0 Å². The molecule has 0 heterocycles. The topological polar surface area (TPSA) is 24.4 Å². The van der Waals surface area contributed by atoms with Crippen LogP contribution in [0.4, 0.5) is 0 Å². The van der Waals surface area contributed by atoms with Crippen molar-refractivity contribution < 1.29 is 0 Å². The van der Waals surface area contributed by atoms with Crippen LogP contribution in [0.1, 0.15) is 26.2 Å². The molecule has 2 nitrogen and oxygen atoms in total. The Hall–Kier alpha value is -0.930. The first-order valence-electron chi connectivity index (χ1n) is 6.71. The number of nitrogens with zero attached hydrogens (tertiary/aromatic N) is 1. The first-order chi connectivity index (χ1) is 9.24. The molecule has 0 aliphatic rings. The van der Waals surface area contributed by atoms with Crippen LogP contribution in [0.25, 0.3) is 0 Å². The van der Waals surface area contributed by atoms with Gasteiger partial charge < -0.3 is 5.32 Å². The van der Waals surface area contributed by atoms with E-state index in [1.165, 1.54) is 5.57 Å². The highest BCUT2D eigenvalue weighted by molar-refractivity contribution is 9.12. The van der Waals surface area contributed by atoms with Crippen molar-refractivity contribution in [2.45, 2.75) is 26.2 Å². The molecule has 0 rings (SSSR count). The van der Waals surface area contributed by atoms with Gasteiger partial charge in [0.05, 0.1) is 0 Å². The average Bonchev–Trinajstić information content (AvgIpc) is 2.40. The summed E-state index contributed by atoms with van der Waals surface area (Å²) in [6.07, 6.45) is 15.4. The maximum Gasteiger partial charge on any atom is 0.0348 e. The summed E-state index contributed by atoms with van der Waals surface area (Å²) in [6.45, 7) is 7.74. The second-order valence-electron chi connectivity index (χ2n) is 4.07. The summed E-state index contributed by atoms with van der Waals surface area (Å²) in [5.41, 5.74) is 1.39. The number of rotatable bonds is 10. The van der Waals surface area contributed by atoms with E-state index in [0.717, 1.165) is 36.8 Å². The predicted octanol–water partition coefficient (Wildman–Crippen LogP) is 4.41. The van der Waals surface area contributed by atoms with Gasteiger partial charge in [-0.1, -0.05) is 49.5 Å². The van der Waals surface area contributed by atoms with Gasteiger partial charge in [0.15, 0.2) is 0 Å². The Morgan fingerprint density at radius 3 is 2.79 bits per heavy atom. The molecular weight excluding hydrogens is 300 g/mol. The lowest BCUT2D eigenvalue weighted by Crippen LogP contribution is -2.15. The summed E-state index contributed by atoms with van der Waals surface area (Å²) in [6, 6.07) is 0. The van der Waals surface area contributed by atoms with Crippen molar-refractivity contribution in [1.29, 1.82) is 0 Å². The van der Waals surface area contributed by atoms with Crippen molar-refractivity contribution in [1.82, 2.24) is 5.32 Å². The second kappa shape index (κ2) is 13.5. The third-order valence-corrected chi connectivity index (χ3v) is 2.95. The number of halogens is 1. The number of aliphatic imine (C=N–C) groups is 1. The summed E-state index contributed by atoms with van der Waals surface area (Å²) in [5.74, 6) is 0. The molecule has 0 aromatic carbocycles. The van der Waals surface area contributed by atoms with Crippen LogP contribution in [0.3, 0.4) is 0 Å². The van der Waals surface area contributed by atoms with E-state index in [4.69, 9.17) is 0 Å². The van der Waals surface area contributed by atoms with E-state index in [1.54, 1.807) is 13.3 Å². The molecule has 0 fully saturated rings. The molecule has 19 heavy (non-hydrogen) atoms. The molecule has 0 aliphatic carbocycles. The van der Waals surface area contributed by atoms with Crippen molar-refractivity contribution in [3.05, 3.63) is 47.0 Å². The number of hydrogen-bond donors (Lipinski definition) is 1. The van der Waals surface area contributed by atoms with Gasteiger partial charge in [0.1, 0.15) is 0 Å². The highest BCUT2D eigenvalue weighted by Crippen LogP contribution is 2.08. The maximum absolute atomic E-state index is 3.93. The van der Waals surface area contributed by atoms with Crippen LogP contribution in [0.2, 0.25) is 0 Å². The summed E-state index contributed by atoms with van der Waals surface area (Å²) in [5, 5.41) is 3.39. The van der Waals surface area contributed by atoms with Gasteiger partial charge in [0.25, 0.3) is 0 Å². The van der Waals surface area contributed by atoms with Crippen LogP contribution in [0, 0.1) is 0 Å². The lowest BCUT2D eigenvalue weighted by molar-refractivity contribution is 0.693. The van der Waals surface area contributed by atoms with Crippen LogP contribution in [-0.4, -0.2) is 26.4 Å². The van der Waals surface area contributed by atoms with Gasteiger partial charge in [-0.2, -0.15) is 0 Å². The van der Waals surface area contributed by atoms with Gasteiger partial charge >= 0.3 is 0 Å². The Balaban J connectivity index is 3.83. The molecule has 0 aromatic rings. The van der Waals surface area contributed by atoms with Gasteiger partial charge in [-0.25, -0.2) is 0 Å². The molecule has 0 aromatic heterocycles. The molecule has 0 spiro atoms. The Bertz CT molecular complexity index is 352. The molecule has 0 aliphatic heterocycles. The molecule has 0 amide bonds. The lowest BCUT2D eigenvalue weighted by atomic mass is 10.1. The quantitative estimate of drug-likeness (QED) is 0.359. The monoisotopic (exact) mass is 324 g/mol. The Morgan fingerprint density at radius 1 is 1.37 bits per heavy atom. The van der Waals surface area contributed by atoms with Crippen molar-refractivity contribution in [3.8, 4) is 0 Å². The Kier molecular flexibility index (Phi) is 12.8. The number of hydrogen-bond acceptors (Lipinski definition) is 2. The molecule has 0 atom stereocenters. The first kappa shape index (κ1) is 18.1. The average molecular weight is 325 g/mol. The highest BCUT2D eigenvalue weighted by Gasteiger charge is 1.93. The summed E-state index contributed by atoms with van der Waals surface area (Å²) in [4.78, 5) is 3.93. The minimum atomic E-state index is 0.863. The van der Waals surface area contributed by atoms with E-state index in [2.05, 4.69) is 58.0 Å². The minimum absolute atomic E-state index is 0.863. The van der Waals surface area contributed by atoms with Gasteiger partial charge in [0, 0.05) is 24.3 Å². The highest BCUT2D eigenvalue weighted by atomic mass is 79.9. The van der Waals surface area contributed by atoms with Crippen LogP contribution in [0.15, 0.2) is 52.0 Å². The first-order valence-corrected chi connectivity index (χ1v) is 7.50. The van der Waals surface area contributed by atoms with Gasteiger partial charge in [-0.3, -0.25) is 4.99 Å². The standard InChI is InChI=1S/C16H25BrN2/c1-4-6-9-15(8-5-2)10-7-12-19-13-11-16(17)14-18-3/h4,6,8-9,11,14,19H,1,5,7,10,12-13H2,2-3H3/b9-6-,15-8+,16-11+,18-14-. The maximum atomic E-state index is 3.93. The van der Waals surface area contributed by atoms with Crippen LogP contribution >= 0.6 is 15.9 Å². The molecule has 0 radical (unpaired) electrons. The molecule has 3 heteroatoms. The van der Waals surface area contributed by atoms with Crippen molar-refractivity contribution in [2.75, 3.05) is 20.1 Å². The Labute approximate surface area is 126 Å². The minimum Gasteiger partial charge on any atom is -0.313 e. The lowest BCUT2D eigenvalue weighted by Gasteiger charge is -2.03. The number of nitrogens with one attached hydrogen (secondary N) is 1. The third kappa shape index (κ3) is 11.9. The summed E-state index contributed by atoms with van der Waals surface area (Å²) >= 11 is 3.42. The molecule has 0 bridgehead atoms. The SMILES string of the molecule is C=C/C=C\C(=C/CC)CCCNC/C=C(Br)\C=N/C. The zero-order valence-electron chi connectivity index (χ0n) is 12.0. The van der Waals surface area contributed by atoms with Crippen LogP contribution in [-0.2, 0) is 0 Å². The van der Waals surface area contributed by atoms with Gasteiger partial charge in [-0.05, 0) is 41.7 Å². The molecule has 0 saturated heterocycles. The van der Waals surface area contributed by atoms with Gasteiger partial charge in [0.2, 0.25) is 0 Å². The molecular formula is C16H25BrN2. The molecule has 0 unspecified atom stereocenters.